The predicted octanol–water partition coefficient (Wildman–Crippen LogP) is 2.68. The van der Waals surface area contributed by atoms with Crippen LogP contribution < -0.4 is 5.32 Å². The van der Waals surface area contributed by atoms with E-state index in [1.165, 1.54) is 0 Å². The Kier molecular flexibility index (Phi) is 4.43. The number of anilines is 1. The van der Waals surface area contributed by atoms with E-state index < -0.39 is 11.8 Å². The van der Waals surface area contributed by atoms with Crippen molar-refractivity contribution < 1.29 is 9.59 Å². The lowest BCUT2D eigenvalue weighted by Gasteiger charge is -2.32. The summed E-state index contributed by atoms with van der Waals surface area (Å²) in [5.41, 5.74) is 0.538. The maximum Gasteiger partial charge on any atom is 0.313 e. The molecule has 0 spiro atoms. The van der Waals surface area contributed by atoms with Gasteiger partial charge in [0.2, 0.25) is 0 Å². The lowest BCUT2D eigenvalue weighted by atomic mass is 10.0. The van der Waals surface area contributed by atoms with Crippen molar-refractivity contribution in [2.45, 2.75) is 32.2 Å². The number of nitrogens with one attached hydrogen (secondary N) is 1. The highest BCUT2D eigenvalue weighted by Crippen LogP contribution is 2.18. The molecule has 0 bridgehead atoms. The molecular formula is C14H17ClN2O2. The molecule has 4 nitrogen and oxygen atoms in total. The Balaban J connectivity index is 2.01. The van der Waals surface area contributed by atoms with Crippen molar-refractivity contribution in [3.05, 3.63) is 29.3 Å². The highest BCUT2D eigenvalue weighted by atomic mass is 35.5. The molecule has 1 aliphatic heterocycles. The number of hydrogen-bond acceptors (Lipinski definition) is 2. The Morgan fingerprint density at radius 3 is 2.84 bits per heavy atom. The van der Waals surface area contributed by atoms with E-state index in [9.17, 15) is 9.59 Å². The predicted molar refractivity (Wildman–Crippen MR) is 75.1 cm³/mol. The normalized spacial score (nSPS) is 19.1. The first-order valence-electron chi connectivity index (χ1n) is 6.45. The zero-order valence-electron chi connectivity index (χ0n) is 10.9. The van der Waals surface area contributed by atoms with E-state index in [2.05, 4.69) is 5.32 Å². The van der Waals surface area contributed by atoms with Gasteiger partial charge in [-0.3, -0.25) is 9.59 Å². The van der Waals surface area contributed by atoms with E-state index in [0.29, 0.717) is 17.3 Å². The molecule has 2 amide bonds. The molecule has 0 aliphatic carbocycles. The number of nitrogens with zero attached hydrogens (tertiary/aromatic N) is 1. The van der Waals surface area contributed by atoms with Gasteiger partial charge in [-0.25, -0.2) is 0 Å². The van der Waals surface area contributed by atoms with Crippen molar-refractivity contribution in [3.8, 4) is 0 Å². The number of hydrogen-bond donors (Lipinski definition) is 1. The average Bonchev–Trinajstić information content (AvgIpc) is 2.38. The van der Waals surface area contributed by atoms with Crippen LogP contribution in [-0.2, 0) is 9.59 Å². The van der Waals surface area contributed by atoms with Crippen molar-refractivity contribution in [3.63, 3.8) is 0 Å². The van der Waals surface area contributed by atoms with Gasteiger partial charge in [-0.2, -0.15) is 0 Å². The number of rotatable bonds is 1. The maximum absolute atomic E-state index is 12.1. The van der Waals surface area contributed by atoms with Crippen molar-refractivity contribution in [1.82, 2.24) is 4.90 Å². The SMILES string of the molecule is CC1CCCCN1C(=O)C(=O)Nc1cccc(Cl)c1. The summed E-state index contributed by atoms with van der Waals surface area (Å²) in [4.78, 5) is 25.6. The molecule has 19 heavy (non-hydrogen) atoms. The van der Waals surface area contributed by atoms with E-state index in [4.69, 9.17) is 11.6 Å². The highest BCUT2D eigenvalue weighted by molar-refractivity contribution is 6.39. The van der Waals surface area contributed by atoms with Gasteiger partial charge in [-0.05, 0) is 44.4 Å². The summed E-state index contributed by atoms with van der Waals surface area (Å²) in [5, 5.41) is 3.11. The standard InChI is InChI=1S/C14H17ClN2O2/c1-10-5-2-3-8-17(10)14(19)13(18)16-12-7-4-6-11(15)9-12/h4,6-7,9-10H,2-3,5,8H2,1H3,(H,16,18). The largest absolute Gasteiger partial charge is 0.332 e. The van der Waals surface area contributed by atoms with Crippen molar-refractivity contribution in [2.24, 2.45) is 0 Å². The van der Waals surface area contributed by atoms with Gasteiger partial charge in [0, 0.05) is 23.3 Å². The molecule has 1 aliphatic rings. The monoisotopic (exact) mass is 280 g/mol. The van der Waals surface area contributed by atoms with Crippen LogP contribution >= 0.6 is 11.6 Å². The zero-order valence-corrected chi connectivity index (χ0v) is 11.6. The first-order valence-corrected chi connectivity index (χ1v) is 6.83. The molecule has 1 aromatic carbocycles. The second-order valence-corrected chi connectivity index (χ2v) is 5.24. The zero-order chi connectivity index (χ0) is 13.8. The van der Waals surface area contributed by atoms with Crippen LogP contribution in [0.2, 0.25) is 5.02 Å². The average molecular weight is 281 g/mol. The van der Waals surface area contributed by atoms with E-state index in [1.54, 1.807) is 29.2 Å². The number of halogens is 1. The summed E-state index contributed by atoms with van der Waals surface area (Å²) in [6.45, 7) is 2.63. The van der Waals surface area contributed by atoms with Crippen molar-refractivity contribution in [2.75, 3.05) is 11.9 Å². The molecule has 1 heterocycles. The van der Waals surface area contributed by atoms with Gasteiger partial charge in [-0.15, -0.1) is 0 Å². The topological polar surface area (TPSA) is 49.4 Å². The Bertz CT molecular complexity index is 490. The maximum atomic E-state index is 12.1. The molecule has 2 rings (SSSR count). The van der Waals surface area contributed by atoms with Gasteiger partial charge in [0.15, 0.2) is 0 Å². The van der Waals surface area contributed by atoms with Crippen LogP contribution in [0.3, 0.4) is 0 Å². The first kappa shape index (κ1) is 13.9. The molecule has 0 saturated carbocycles. The third kappa shape index (κ3) is 3.47. The molecule has 1 aromatic rings. The van der Waals surface area contributed by atoms with E-state index in [0.717, 1.165) is 19.3 Å². The third-order valence-corrected chi connectivity index (χ3v) is 3.58. The molecule has 1 N–H and O–H groups in total. The van der Waals surface area contributed by atoms with Gasteiger partial charge >= 0.3 is 11.8 Å². The smallest absolute Gasteiger partial charge is 0.313 e. The molecule has 1 atom stereocenters. The van der Waals surface area contributed by atoms with Gasteiger partial charge in [-0.1, -0.05) is 17.7 Å². The number of likely N-dealkylation sites (tertiary alicyclic amines) is 1. The van der Waals surface area contributed by atoms with Gasteiger partial charge < -0.3 is 10.2 Å². The Labute approximate surface area is 117 Å². The third-order valence-electron chi connectivity index (χ3n) is 3.34. The quantitative estimate of drug-likeness (QED) is 0.804. The van der Waals surface area contributed by atoms with Crippen LogP contribution in [0.15, 0.2) is 24.3 Å². The van der Waals surface area contributed by atoms with Crippen LogP contribution in [0.5, 0.6) is 0 Å². The van der Waals surface area contributed by atoms with Crippen molar-refractivity contribution >= 4 is 29.1 Å². The minimum absolute atomic E-state index is 0.131. The summed E-state index contributed by atoms with van der Waals surface area (Å²) >= 11 is 5.83. The van der Waals surface area contributed by atoms with Crippen LogP contribution in [0, 0.1) is 0 Å². The minimum atomic E-state index is -0.601. The fourth-order valence-electron chi connectivity index (χ4n) is 2.28. The Morgan fingerprint density at radius 1 is 1.37 bits per heavy atom. The second kappa shape index (κ2) is 6.06. The fraction of sp³-hybridized carbons (Fsp3) is 0.429. The second-order valence-electron chi connectivity index (χ2n) is 4.81. The molecule has 1 unspecified atom stereocenters. The summed E-state index contributed by atoms with van der Waals surface area (Å²) in [5.74, 6) is -1.07. The summed E-state index contributed by atoms with van der Waals surface area (Å²) < 4.78 is 0. The van der Waals surface area contributed by atoms with Crippen LogP contribution in [-0.4, -0.2) is 29.3 Å². The van der Waals surface area contributed by atoms with Crippen LogP contribution in [0.1, 0.15) is 26.2 Å². The summed E-state index contributed by atoms with van der Waals surface area (Å²) in [6.07, 6.45) is 3.03. The van der Waals surface area contributed by atoms with Crippen LogP contribution in [0.25, 0.3) is 0 Å². The molecule has 0 radical (unpaired) electrons. The van der Waals surface area contributed by atoms with Crippen molar-refractivity contribution in [1.29, 1.82) is 0 Å². The molecule has 0 aromatic heterocycles. The number of carbonyl (C=O) groups is 2. The Hall–Kier alpha value is -1.55. The summed E-state index contributed by atoms with van der Waals surface area (Å²) in [6, 6.07) is 6.90. The number of amides is 2. The van der Waals surface area contributed by atoms with Crippen LogP contribution in [0.4, 0.5) is 5.69 Å². The van der Waals surface area contributed by atoms with E-state index in [-0.39, 0.29) is 6.04 Å². The summed E-state index contributed by atoms with van der Waals surface area (Å²) in [7, 11) is 0. The van der Waals surface area contributed by atoms with E-state index >= 15 is 0 Å². The Morgan fingerprint density at radius 2 is 2.16 bits per heavy atom. The van der Waals surface area contributed by atoms with Gasteiger partial charge in [0.05, 0.1) is 0 Å². The van der Waals surface area contributed by atoms with Gasteiger partial charge in [0.25, 0.3) is 0 Å². The number of carbonyl (C=O) groups excluding carboxylic acids is 2. The molecular weight excluding hydrogens is 264 g/mol. The first-order chi connectivity index (χ1) is 9.08. The highest BCUT2D eigenvalue weighted by Gasteiger charge is 2.28. The minimum Gasteiger partial charge on any atom is -0.332 e. The molecule has 5 heteroatoms. The molecule has 102 valence electrons. The lowest BCUT2D eigenvalue weighted by molar-refractivity contribution is -0.145. The number of benzene rings is 1. The van der Waals surface area contributed by atoms with E-state index in [1.807, 2.05) is 6.92 Å². The lowest BCUT2D eigenvalue weighted by Crippen LogP contribution is -2.47. The fourth-order valence-corrected chi connectivity index (χ4v) is 2.47. The number of piperidine rings is 1. The molecule has 1 fully saturated rings. The molecule has 1 saturated heterocycles. The van der Waals surface area contributed by atoms with Gasteiger partial charge in [0.1, 0.15) is 0 Å².